The largest absolute Gasteiger partial charge is 0.314 e. The third-order valence-electron chi connectivity index (χ3n) is 3.43. The van der Waals surface area contributed by atoms with Crippen molar-refractivity contribution in [1.82, 2.24) is 10.2 Å². The van der Waals surface area contributed by atoms with Crippen molar-refractivity contribution in [3.63, 3.8) is 0 Å². The van der Waals surface area contributed by atoms with Crippen LogP contribution in [0, 0.1) is 13.8 Å². The van der Waals surface area contributed by atoms with Gasteiger partial charge in [0.05, 0.1) is 0 Å². The summed E-state index contributed by atoms with van der Waals surface area (Å²) in [6, 6.07) is 7.42. The Hall–Kier alpha value is -0.860. The van der Waals surface area contributed by atoms with E-state index in [1.54, 1.807) is 0 Å². The SMILES string of the molecule is Cc1cc(C)cc([C@@H](C)N2CCNCC2)c1. The monoisotopic (exact) mass is 218 g/mol. The fraction of sp³-hybridized carbons (Fsp3) is 0.571. The van der Waals surface area contributed by atoms with Crippen LogP contribution < -0.4 is 5.32 Å². The van der Waals surface area contributed by atoms with Crippen molar-refractivity contribution in [3.8, 4) is 0 Å². The minimum Gasteiger partial charge on any atom is -0.314 e. The van der Waals surface area contributed by atoms with Crippen LogP contribution in [0.4, 0.5) is 0 Å². The molecule has 2 rings (SSSR count). The van der Waals surface area contributed by atoms with Crippen LogP contribution in [0.1, 0.15) is 29.7 Å². The van der Waals surface area contributed by atoms with Crippen molar-refractivity contribution >= 4 is 0 Å². The maximum absolute atomic E-state index is 3.40. The Kier molecular flexibility index (Phi) is 3.62. The van der Waals surface area contributed by atoms with E-state index in [1.165, 1.54) is 16.7 Å². The second-order valence-corrected chi connectivity index (χ2v) is 4.88. The van der Waals surface area contributed by atoms with Gasteiger partial charge in [-0.05, 0) is 26.3 Å². The molecule has 0 radical (unpaired) electrons. The fourth-order valence-corrected chi connectivity index (χ4v) is 2.53. The molecule has 0 saturated carbocycles. The second kappa shape index (κ2) is 4.98. The number of nitrogens with zero attached hydrogens (tertiary/aromatic N) is 1. The highest BCUT2D eigenvalue weighted by molar-refractivity contribution is 5.30. The zero-order valence-corrected chi connectivity index (χ0v) is 10.6. The minimum atomic E-state index is 0.542. The zero-order chi connectivity index (χ0) is 11.5. The first-order chi connectivity index (χ1) is 7.66. The van der Waals surface area contributed by atoms with Crippen LogP contribution in [0.25, 0.3) is 0 Å². The lowest BCUT2D eigenvalue weighted by atomic mass is 10.0. The Labute approximate surface area is 98.7 Å². The van der Waals surface area contributed by atoms with Crippen LogP contribution in [-0.2, 0) is 0 Å². The van der Waals surface area contributed by atoms with Gasteiger partial charge in [0.2, 0.25) is 0 Å². The predicted molar refractivity (Wildman–Crippen MR) is 68.8 cm³/mol. The molecule has 1 aromatic rings. The summed E-state index contributed by atoms with van der Waals surface area (Å²) < 4.78 is 0. The van der Waals surface area contributed by atoms with Crippen molar-refractivity contribution in [2.75, 3.05) is 26.2 Å². The van der Waals surface area contributed by atoms with Gasteiger partial charge < -0.3 is 5.32 Å². The molecule has 2 heteroatoms. The lowest BCUT2D eigenvalue weighted by Crippen LogP contribution is -2.44. The summed E-state index contributed by atoms with van der Waals surface area (Å²) >= 11 is 0. The molecule has 0 bridgehead atoms. The summed E-state index contributed by atoms with van der Waals surface area (Å²) in [5.41, 5.74) is 4.20. The third-order valence-corrected chi connectivity index (χ3v) is 3.43. The number of hydrogen-bond donors (Lipinski definition) is 1. The molecule has 1 aliphatic heterocycles. The highest BCUT2D eigenvalue weighted by atomic mass is 15.2. The van der Waals surface area contributed by atoms with E-state index in [0.717, 1.165) is 26.2 Å². The molecule has 88 valence electrons. The molecule has 1 saturated heterocycles. The van der Waals surface area contributed by atoms with E-state index in [9.17, 15) is 0 Å². The van der Waals surface area contributed by atoms with Crippen molar-refractivity contribution in [2.24, 2.45) is 0 Å². The van der Waals surface area contributed by atoms with E-state index in [4.69, 9.17) is 0 Å². The molecule has 1 aliphatic rings. The number of nitrogens with one attached hydrogen (secondary N) is 1. The van der Waals surface area contributed by atoms with E-state index in [2.05, 4.69) is 49.2 Å². The first-order valence-corrected chi connectivity index (χ1v) is 6.20. The van der Waals surface area contributed by atoms with E-state index in [1.807, 2.05) is 0 Å². The summed E-state index contributed by atoms with van der Waals surface area (Å²) in [4.78, 5) is 2.56. The molecule has 1 N–H and O–H groups in total. The lowest BCUT2D eigenvalue weighted by Gasteiger charge is -2.33. The molecule has 2 nitrogen and oxygen atoms in total. The predicted octanol–water partition coefficient (Wildman–Crippen LogP) is 2.27. The van der Waals surface area contributed by atoms with Gasteiger partial charge in [-0.1, -0.05) is 29.3 Å². The topological polar surface area (TPSA) is 15.3 Å². The summed E-state index contributed by atoms with van der Waals surface area (Å²) in [7, 11) is 0. The lowest BCUT2D eigenvalue weighted by molar-refractivity contribution is 0.185. The Morgan fingerprint density at radius 1 is 1.06 bits per heavy atom. The van der Waals surface area contributed by atoms with Crippen LogP contribution in [0.2, 0.25) is 0 Å². The summed E-state index contributed by atoms with van der Waals surface area (Å²) in [6.07, 6.45) is 0. The zero-order valence-electron chi connectivity index (χ0n) is 10.6. The van der Waals surface area contributed by atoms with Crippen LogP contribution in [0.5, 0.6) is 0 Å². The standard InChI is InChI=1S/C14H22N2/c1-11-8-12(2)10-14(9-11)13(3)16-6-4-15-5-7-16/h8-10,13,15H,4-7H2,1-3H3/t13-/m1/s1. The molecule has 1 aromatic carbocycles. The van der Waals surface area contributed by atoms with Crippen molar-refractivity contribution in [1.29, 1.82) is 0 Å². The quantitative estimate of drug-likeness (QED) is 0.819. The van der Waals surface area contributed by atoms with Gasteiger partial charge in [0.1, 0.15) is 0 Å². The first-order valence-electron chi connectivity index (χ1n) is 6.20. The molecule has 0 spiro atoms. The number of rotatable bonds is 2. The van der Waals surface area contributed by atoms with Gasteiger partial charge in [-0.25, -0.2) is 0 Å². The van der Waals surface area contributed by atoms with Crippen LogP contribution in [-0.4, -0.2) is 31.1 Å². The van der Waals surface area contributed by atoms with E-state index >= 15 is 0 Å². The van der Waals surface area contributed by atoms with E-state index in [0.29, 0.717) is 6.04 Å². The molecular weight excluding hydrogens is 196 g/mol. The molecule has 16 heavy (non-hydrogen) atoms. The number of hydrogen-bond acceptors (Lipinski definition) is 2. The van der Waals surface area contributed by atoms with Gasteiger partial charge in [0.15, 0.2) is 0 Å². The number of piperazine rings is 1. The smallest absolute Gasteiger partial charge is 0.0321 e. The summed E-state index contributed by atoms with van der Waals surface area (Å²) in [5.74, 6) is 0. The average Bonchev–Trinajstić information content (AvgIpc) is 2.28. The highest BCUT2D eigenvalue weighted by Crippen LogP contribution is 2.22. The Balaban J connectivity index is 2.15. The Bertz CT molecular complexity index is 334. The Morgan fingerprint density at radius 3 is 2.19 bits per heavy atom. The molecule has 1 atom stereocenters. The molecule has 0 aromatic heterocycles. The normalized spacial score (nSPS) is 19.7. The van der Waals surface area contributed by atoms with E-state index in [-0.39, 0.29) is 0 Å². The van der Waals surface area contributed by atoms with Crippen LogP contribution >= 0.6 is 0 Å². The minimum absolute atomic E-state index is 0.542. The maximum Gasteiger partial charge on any atom is 0.0321 e. The van der Waals surface area contributed by atoms with Crippen LogP contribution in [0.3, 0.4) is 0 Å². The maximum atomic E-state index is 3.40. The summed E-state index contributed by atoms with van der Waals surface area (Å²) in [6.45, 7) is 11.2. The van der Waals surface area contributed by atoms with Crippen LogP contribution in [0.15, 0.2) is 18.2 Å². The molecule has 1 fully saturated rings. The number of aryl methyl sites for hydroxylation is 2. The van der Waals surface area contributed by atoms with E-state index < -0.39 is 0 Å². The van der Waals surface area contributed by atoms with Crippen molar-refractivity contribution in [3.05, 3.63) is 34.9 Å². The van der Waals surface area contributed by atoms with Crippen molar-refractivity contribution in [2.45, 2.75) is 26.8 Å². The second-order valence-electron chi connectivity index (χ2n) is 4.88. The molecule has 0 amide bonds. The van der Waals surface area contributed by atoms with Gasteiger partial charge in [-0.2, -0.15) is 0 Å². The molecule has 1 heterocycles. The Morgan fingerprint density at radius 2 is 1.62 bits per heavy atom. The molecule has 0 unspecified atom stereocenters. The van der Waals surface area contributed by atoms with Gasteiger partial charge in [-0.15, -0.1) is 0 Å². The van der Waals surface area contributed by atoms with Gasteiger partial charge in [-0.3, -0.25) is 4.90 Å². The highest BCUT2D eigenvalue weighted by Gasteiger charge is 2.17. The third kappa shape index (κ3) is 2.63. The number of benzene rings is 1. The van der Waals surface area contributed by atoms with Crippen molar-refractivity contribution < 1.29 is 0 Å². The van der Waals surface area contributed by atoms with Gasteiger partial charge >= 0.3 is 0 Å². The average molecular weight is 218 g/mol. The first kappa shape index (κ1) is 11.6. The fourth-order valence-electron chi connectivity index (χ4n) is 2.53. The summed E-state index contributed by atoms with van der Waals surface area (Å²) in [5, 5.41) is 3.40. The van der Waals surface area contributed by atoms with Gasteiger partial charge in [0.25, 0.3) is 0 Å². The molecule has 0 aliphatic carbocycles. The molecular formula is C14H22N2. The van der Waals surface area contributed by atoms with Gasteiger partial charge in [0, 0.05) is 32.2 Å².